The van der Waals surface area contributed by atoms with Crippen molar-refractivity contribution in [2.75, 3.05) is 17.4 Å². The number of benzene rings is 1. The molecular weight excluding hydrogens is 272 g/mol. The van der Waals surface area contributed by atoms with Crippen molar-refractivity contribution in [2.24, 2.45) is 0 Å². The van der Waals surface area contributed by atoms with Gasteiger partial charge in [0.1, 0.15) is 11.8 Å². The number of para-hydroxylation sites is 2. The summed E-state index contributed by atoms with van der Waals surface area (Å²) < 4.78 is 26.5. The van der Waals surface area contributed by atoms with Crippen LogP contribution >= 0.6 is 0 Å². The second-order valence-electron chi connectivity index (χ2n) is 4.19. The lowest BCUT2D eigenvalue weighted by molar-refractivity contribution is -0.140. The summed E-state index contributed by atoms with van der Waals surface area (Å²) in [6, 6.07) is 4.91. The number of aromatic hydroxyl groups is 1. The molecule has 0 radical (unpaired) electrons. The molecule has 0 amide bonds. The van der Waals surface area contributed by atoms with E-state index in [0.717, 1.165) is 8.61 Å². The molecule has 0 aliphatic carbocycles. The van der Waals surface area contributed by atoms with E-state index in [1.165, 1.54) is 19.1 Å². The van der Waals surface area contributed by atoms with E-state index in [-0.39, 0.29) is 24.5 Å². The van der Waals surface area contributed by atoms with Crippen LogP contribution in [0.25, 0.3) is 0 Å². The second-order valence-corrected chi connectivity index (χ2v) is 6.00. The molecule has 1 unspecified atom stereocenters. The van der Waals surface area contributed by atoms with Gasteiger partial charge in [-0.25, -0.2) is 0 Å². The molecule has 1 heterocycles. The number of nitrogens with zero attached hydrogens (tertiary/aromatic N) is 2. The zero-order valence-corrected chi connectivity index (χ0v) is 11.0. The third-order valence-corrected chi connectivity index (χ3v) is 5.07. The summed E-state index contributed by atoms with van der Waals surface area (Å²) in [6.45, 7) is 1.50. The van der Waals surface area contributed by atoms with Gasteiger partial charge in [0.15, 0.2) is 0 Å². The van der Waals surface area contributed by atoms with Gasteiger partial charge in [0, 0.05) is 13.1 Å². The molecule has 1 fully saturated rings. The van der Waals surface area contributed by atoms with Gasteiger partial charge in [-0.05, 0) is 19.1 Å². The van der Waals surface area contributed by atoms with E-state index in [1.54, 1.807) is 12.1 Å². The van der Waals surface area contributed by atoms with E-state index in [0.29, 0.717) is 0 Å². The Balaban J connectivity index is 2.38. The first-order valence-electron chi connectivity index (χ1n) is 5.66. The molecular formula is C11H14N2O5S. The molecule has 1 atom stereocenters. The van der Waals surface area contributed by atoms with Gasteiger partial charge in [-0.15, -0.1) is 0 Å². The minimum atomic E-state index is -3.92. The number of carboxylic acids is 1. The number of phenolic OH excluding ortho intramolecular Hbond substituents is 1. The van der Waals surface area contributed by atoms with E-state index in [1.807, 2.05) is 0 Å². The summed E-state index contributed by atoms with van der Waals surface area (Å²) in [5, 5.41) is 18.6. The maximum absolute atomic E-state index is 12.3. The van der Waals surface area contributed by atoms with Gasteiger partial charge in [0.05, 0.1) is 5.69 Å². The molecule has 0 saturated carbocycles. The number of phenols is 1. The highest BCUT2D eigenvalue weighted by atomic mass is 32.2. The maximum atomic E-state index is 12.3. The van der Waals surface area contributed by atoms with Crippen LogP contribution in [0.3, 0.4) is 0 Å². The highest BCUT2D eigenvalue weighted by Crippen LogP contribution is 2.33. The van der Waals surface area contributed by atoms with E-state index >= 15 is 0 Å². The minimum Gasteiger partial charge on any atom is -0.506 e. The average Bonchev–Trinajstić information content (AvgIpc) is 2.64. The molecule has 2 N–H and O–H groups in total. The lowest BCUT2D eigenvalue weighted by atomic mass is 10.3. The third kappa shape index (κ3) is 2.24. The van der Waals surface area contributed by atoms with Gasteiger partial charge < -0.3 is 10.2 Å². The highest BCUT2D eigenvalue weighted by molar-refractivity contribution is 7.90. The zero-order chi connectivity index (χ0) is 14.2. The van der Waals surface area contributed by atoms with Crippen molar-refractivity contribution in [3.05, 3.63) is 24.3 Å². The van der Waals surface area contributed by atoms with E-state index in [4.69, 9.17) is 5.11 Å². The average molecular weight is 286 g/mol. The van der Waals surface area contributed by atoms with E-state index < -0.39 is 22.2 Å². The SMILES string of the molecule is CC(C(=O)O)N1CCN(c2ccccc2O)S1(=O)=O. The summed E-state index contributed by atoms with van der Waals surface area (Å²) >= 11 is 0. The number of carbonyl (C=O) groups is 1. The topological polar surface area (TPSA) is 98.2 Å². The van der Waals surface area contributed by atoms with Crippen molar-refractivity contribution in [2.45, 2.75) is 13.0 Å². The zero-order valence-electron chi connectivity index (χ0n) is 10.2. The summed E-state index contributed by atoms with van der Waals surface area (Å²) in [5.41, 5.74) is 0.155. The molecule has 1 aromatic carbocycles. The fourth-order valence-electron chi connectivity index (χ4n) is 1.98. The highest BCUT2D eigenvalue weighted by Gasteiger charge is 2.42. The normalized spacial score (nSPS) is 20.4. The fourth-order valence-corrected chi connectivity index (χ4v) is 3.75. The number of aliphatic carboxylic acids is 1. The summed E-state index contributed by atoms with van der Waals surface area (Å²) in [4.78, 5) is 10.9. The Morgan fingerprint density at radius 3 is 2.53 bits per heavy atom. The molecule has 0 aromatic heterocycles. The van der Waals surface area contributed by atoms with Crippen LogP contribution < -0.4 is 4.31 Å². The molecule has 19 heavy (non-hydrogen) atoms. The molecule has 0 spiro atoms. The molecule has 1 aliphatic rings. The van der Waals surface area contributed by atoms with Crippen molar-refractivity contribution in [3.63, 3.8) is 0 Å². The number of carboxylic acid groups (broad SMARTS) is 1. The number of hydrogen-bond donors (Lipinski definition) is 2. The van der Waals surface area contributed by atoms with Crippen molar-refractivity contribution < 1.29 is 23.4 Å². The molecule has 0 bridgehead atoms. The first-order chi connectivity index (χ1) is 8.85. The molecule has 1 saturated heterocycles. The summed E-state index contributed by atoms with van der Waals surface area (Å²) in [6.07, 6.45) is 0. The standard InChI is InChI=1S/C11H14N2O5S/c1-8(11(15)16)12-6-7-13(19(12,17)18)9-4-2-3-5-10(9)14/h2-5,8,14H,6-7H2,1H3,(H,15,16). The van der Waals surface area contributed by atoms with Crippen LogP contribution in [-0.2, 0) is 15.0 Å². The van der Waals surface area contributed by atoms with Crippen LogP contribution in [0.2, 0.25) is 0 Å². The fraction of sp³-hybridized carbons (Fsp3) is 0.364. The van der Waals surface area contributed by atoms with E-state index in [9.17, 15) is 18.3 Å². The lowest BCUT2D eigenvalue weighted by Crippen LogP contribution is -2.42. The Bertz CT molecular complexity index is 601. The monoisotopic (exact) mass is 286 g/mol. The van der Waals surface area contributed by atoms with Crippen molar-refractivity contribution >= 4 is 21.9 Å². The number of rotatable bonds is 3. The quantitative estimate of drug-likeness (QED) is 0.829. The smallest absolute Gasteiger partial charge is 0.321 e. The largest absolute Gasteiger partial charge is 0.506 e. The van der Waals surface area contributed by atoms with Crippen LogP contribution in [0.5, 0.6) is 5.75 Å². The number of anilines is 1. The van der Waals surface area contributed by atoms with Gasteiger partial charge in [0.25, 0.3) is 0 Å². The Morgan fingerprint density at radius 2 is 1.95 bits per heavy atom. The first kappa shape index (κ1) is 13.6. The molecule has 2 rings (SSSR count). The Labute approximate surface area is 110 Å². The molecule has 8 heteroatoms. The Hall–Kier alpha value is -1.80. The van der Waals surface area contributed by atoms with Crippen LogP contribution in [0.4, 0.5) is 5.69 Å². The predicted molar refractivity (Wildman–Crippen MR) is 68.2 cm³/mol. The first-order valence-corrected chi connectivity index (χ1v) is 7.05. The van der Waals surface area contributed by atoms with Gasteiger partial charge in [-0.3, -0.25) is 9.10 Å². The Morgan fingerprint density at radius 1 is 1.32 bits per heavy atom. The number of hydrogen-bond acceptors (Lipinski definition) is 4. The van der Waals surface area contributed by atoms with E-state index in [2.05, 4.69) is 0 Å². The molecule has 1 aromatic rings. The van der Waals surface area contributed by atoms with Crippen LogP contribution in [-0.4, -0.2) is 48.0 Å². The van der Waals surface area contributed by atoms with Gasteiger partial charge in [-0.1, -0.05) is 12.1 Å². The minimum absolute atomic E-state index is 0.0735. The third-order valence-electron chi connectivity index (χ3n) is 3.04. The van der Waals surface area contributed by atoms with Gasteiger partial charge in [-0.2, -0.15) is 12.7 Å². The van der Waals surface area contributed by atoms with Crippen LogP contribution in [0, 0.1) is 0 Å². The van der Waals surface area contributed by atoms with Crippen molar-refractivity contribution in [1.29, 1.82) is 0 Å². The van der Waals surface area contributed by atoms with Crippen LogP contribution in [0.15, 0.2) is 24.3 Å². The lowest BCUT2D eigenvalue weighted by Gasteiger charge is -2.22. The molecule has 1 aliphatic heterocycles. The summed E-state index contributed by atoms with van der Waals surface area (Å²) in [7, 11) is -3.92. The second kappa shape index (κ2) is 4.71. The molecule has 104 valence electrons. The van der Waals surface area contributed by atoms with Gasteiger partial charge in [0.2, 0.25) is 0 Å². The van der Waals surface area contributed by atoms with Crippen LogP contribution in [0.1, 0.15) is 6.92 Å². The maximum Gasteiger partial charge on any atom is 0.321 e. The Kier molecular flexibility index (Phi) is 3.38. The predicted octanol–water partition coefficient (Wildman–Crippen LogP) is 0.232. The van der Waals surface area contributed by atoms with Crippen molar-refractivity contribution in [3.8, 4) is 5.75 Å². The summed E-state index contributed by atoms with van der Waals surface area (Å²) in [5.74, 6) is -1.36. The molecule has 7 nitrogen and oxygen atoms in total. The van der Waals surface area contributed by atoms with Gasteiger partial charge >= 0.3 is 16.2 Å². The van der Waals surface area contributed by atoms with Crippen molar-refractivity contribution in [1.82, 2.24) is 4.31 Å².